The van der Waals surface area contributed by atoms with Gasteiger partial charge in [-0.05, 0) is 62.4 Å². The van der Waals surface area contributed by atoms with Gasteiger partial charge in [0, 0.05) is 23.8 Å². The van der Waals surface area contributed by atoms with Crippen molar-refractivity contribution >= 4 is 28.7 Å². The number of piperidine rings is 1. The van der Waals surface area contributed by atoms with Crippen molar-refractivity contribution in [2.75, 3.05) is 11.9 Å². The number of hydrogen-bond donors (Lipinski definition) is 2. The van der Waals surface area contributed by atoms with E-state index in [-0.39, 0.29) is 24.0 Å². The summed E-state index contributed by atoms with van der Waals surface area (Å²) in [6, 6.07) is 14.6. The molecule has 2 fully saturated rings. The van der Waals surface area contributed by atoms with E-state index in [0.717, 1.165) is 43.2 Å². The number of benzene rings is 2. The minimum absolute atomic E-state index is 0.0757. The number of anilines is 1. The van der Waals surface area contributed by atoms with Crippen molar-refractivity contribution in [2.45, 2.75) is 44.2 Å². The van der Waals surface area contributed by atoms with Gasteiger partial charge in [-0.1, -0.05) is 18.2 Å². The highest BCUT2D eigenvalue weighted by atomic mass is 16.3. The lowest BCUT2D eigenvalue weighted by Crippen LogP contribution is -2.38. The highest BCUT2D eigenvalue weighted by Gasteiger charge is 2.32. The Hall–Kier alpha value is -3.35. The Kier molecular flexibility index (Phi) is 4.86. The average Bonchev–Trinajstić information content (AvgIpc) is 3.47. The van der Waals surface area contributed by atoms with E-state index >= 15 is 0 Å². The second-order valence-electron chi connectivity index (χ2n) is 7.98. The van der Waals surface area contributed by atoms with E-state index in [1.165, 1.54) is 0 Å². The van der Waals surface area contributed by atoms with Gasteiger partial charge in [-0.3, -0.25) is 4.79 Å². The van der Waals surface area contributed by atoms with Crippen LogP contribution in [0.5, 0.6) is 0 Å². The molecule has 2 aliphatic rings. The molecule has 7 nitrogen and oxygen atoms in total. The van der Waals surface area contributed by atoms with Crippen LogP contribution in [0.15, 0.2) is 52.9 Å². The van der Waals surface area contributed by atoms with Gasteiger partial charge in [-0.25, -0.2) is 9.78 Å². The Labute approximate surface area is 174 Å². The standard InChI is InChI=1S/C23H24N4O3/c28-22(15-6-5-7-17(14-15)25-23(29)24-16-11-12-16)27-13-4-3-9-19(27)21-26-18-8-1-2-10-20(18)30-21/h1-2,5-8,10,14,16,19H,3-4,9,11-13H2,(H2,24,25,29)/t19-/m1/s1. The normalized spacial score (nSPS) is 18.9. The van der Waals surface area contributed by atoms with Crippen LogP contribution in [-0.2, 0) is 0 Å². The molecule has 3 amide bonds. The molecule has 2 heterocycles. The van der Waals surface area contributed by atoms with Crippen LogP contribution in [0.1, 0.15) is 54.4 Å². The number of urea groups is 1. The Morgan fingerprint density at radius 3 is 2.73 bits per heavy atom. The fraction of sp³-hybridized carbons (Fsp3) is 0.348. The fourth-order valence-electron chi connectivity index (χ4n) is 3.94. The van der Waals surface area contributed by atoms with Crippen molar-refractivity contribution in [3.8, 4) is 0 Å². The average molecular weight is 404 g/mol. The maximum atomic E-state index is 13.4. The third-order valence-electron chi connectivity index (χ3n) is 5.64. The number of para-hydroxylation sites is 2. The van der Waals surface area contributed by atoms with E-state index in [0.29, 0.717) is 23.7 Å². The monoisotopic (exact) mass is 404 g/mol. The Bertz CT molecular complexity index is 1060. The number of nitrogens with one attached hydrogen (secondary N) is 2. The van der Waals surface area contributed by atoms with E-state index in [1.54, 1.807) is 24.3 Å². The molecule has 3 aromatic rings. The zero-order valence-corrected chi connectivity index (χ0v) is 16.6. The molecule has 1 aliphatic carbocycles. The molecule has 2 aromatic carbocycles. The second-order valence-corrected chi connectivity index (χ2v) is 7.98. The van der Waals surface area contributed by atoms with Crippen molar-refractivity contribution in [3.05, 3.63) is 60.0 Å². The summed E-state index contributed by atoms with van der Waals surface area (Å²) < 4.78 is 5.97. The molecule has 7 heteroatoms. The summed E-state index contributed by atoms with van der Waals surface area (Å²) in [6.07, 6.45) is 4.84. The molecule has 1 aromatic heterocycles. The SMILES string of the molecule is O=C(Nc1cccc(C(=O)N2CCCC[C@@H]2c2nc3ccccc3o2)c1)NC1CC1. The van der Waals surface area contributed by atoms with Gasteiger partial charge in [-0.15, -0.1) is 0 Å². The van der Waals surface area contributed by atoms with Crippen LogP contribution >= 0.6 is 0 Å². The summed E-state index contributed by atoms with van der Waals surface area (Å²) in [6.45, 7) is 0.655. The number of hydrogen-bond acceptors (Lipinski definition) is 4. The fourth-order valence-corrected chi connectivity index (χ4v) is 3.94. The van der Waals surface area contributed by atoms with Crippen LogP contribution in [0.2, 0.25) is 0 Å². The Balaban J connectivity index is 1.36. The summed E-state index contributed by atoms with van der Waals surface area (Å²) in [7, 11) is 0. The topological polar surface area (TPSA) is 87.5 Å². The molecule has 1 aliphatic heterocycles. The van der Waals surface area contributed by atoms with Gasteiger partial charge < -0.3 is 20.0 Å². The highest BCUT2D eigenvalue weighted by Crippen LogP contribution is 2.33. The summed E-state index contributed by atoms with van der Waals surface area (Å²) >= 11 is 0. The predicted octanol–water partition coefficient (Wildman–Crippen LogP) is 4.48. The first-order valence-corrected chi connectivity index (χ1v) is 10.5. The van der Waals surface area contributed by atoms with Gasteiger partial charge in [0.1, 0.15) is 11.6 Å². The summed E-state index contributed by atoms with van der Waals surface area (Å²) in [5, 5.41) is 5.71. The molecular formula is C23H24N4O3. The smallest absolute Gasteiger partial charge is 0.319 e. The summed E-state index contributed by atoms with van der Waals surface area (Å²) in [4.78, 5) is 31.9. The molecule has 0 bridgehead atoms. The summed E-state index contributed by atoms with van der Waals surface area (Å²) in [5.74, 6) is 0.510. The minimum Gasteiger partial charge on any atom is -0.438 e. The van der Waals surface area contributed by atoms with Crippen LogP contribution in [-0.4, -0.2) is 34.4 Å². The van der Waals surface area contributed by atoms with Crippen LogP contribution in [0.3, 0.4) is 0 Å². The Morgan fingerprint density at radius 2 is 1.90 bits per heavy atom. The number of carbonyl (C=O) groups excluding carboxylic acids is 2. The van der Waals surface area contributed by atoms with E-state index in [9.17, 15) is 9.59 Å². The first-order chi connectivity index (χ1) is 14.7. The number of carbonyl (C=O) groups is 2. The molecule has 0 unspecified atom stereocenters. The van der Waals surface area contributed by atoms with E-state index in [2.05, 4.69) is 15.6 Å². The summed E-state index contributed by atoms with van der Waals surface area (Å²) in [5.41, 5.74) is 2.69. The van der Waals surface area contributed by atoms with E-state index < -0.39 is 0 Å². The van der Waals surface area contributed by atoms with Gasteiger partial charge in [0.2, 0.25) is 5.89 Å². The number of rotatable bonds is 4. The molecule has 2 N–H and O–H groups in total. The van der Waals surface area contributed by atoms with Gasteiger partial charge >= 0.3 is 6.03 Å². The molecular weight excluding hydrogens is 380 g/mol. The zero-order valence-electron chi connectivity index (χ0n) is 16.6. The van der Waals surface area contributed by atoms with Gasteiger partial charge in [0.15, 0.2) is 5.58 Å². The van der Waals surface area contributed by atoms with Crippen molar-refractivity contribution in [1.29, 1.82) is 0 Å². The van der Waals surface area contributed by atoms with Crippen molar-refractivity contribution in [1.82, 2.24) is 15.2 Å². The van der Waals surface area contributed by atoms with Crippen molar-refractivity contribution in [2.24, 2.45) is 0 Å². The predicted molar refractivity (Wildman–Crippen MR) is 113 cm³/mol. The molecule has 1 saturated carbocycles. The number of fused-ring (bicyclic) bond motifs is 1. The zero-order chi connectivity index (χ0) is 20.5. The lowest BCUT2D eigenvalue weighted by atomic mass is 10.0. The number of likely N-dealkylation sites (tertiary alicyclic amines) is 1. The number of amides is 3. The lowest BCUT2D eigenvalue weighted by Gasteiger charge is -2.33. The van der Waals surface area contributed by atoms with Crippen molar-refractivity contribution < 1.29 is 14.0 Å². The van der Waals surface area contributed by atoms with Gasteiger partial charge in [-0.2, -0.15) is 0 Å². The molecule has 1 saturated heterocycles. The van der Waals surface area contributed by atoms with E-state index in [4.69, 9.17) is 4.42 Å². The van der Waals surface area contributed by atoms with Gasteiger partial charge in [0.05, 0.1) is 0 Å². The third-order valence-corrected chi connectivity index (χ3v) is 5.64. The molecule has 0 spiro atoms. The van der Waals surface area contributed by atoms with Gasteiger partial charge in [0.25, 0.3) is 5.91 Å². The first-order valence-electron chi connectivity index (χ1n) is 10.5. The molecule has 30 heavy (non-hydrogen) atoms. The van der Waals surface area contributed by atoms with E-state index in [1.807, 2.05) is 29.2 Å². The molecule has 1 atom stereocenters. The van der Waals surface area contributed by atoms with Crippen LogP contribution in [0.25, 0.3) is 11.1 Å². The minimum atomic E-state index is -0.232. The quantitative estimate of drug-likeness (QED) is 0.671. The van der Waals surface area contributed by atoms with Crippen molar-refractivity contribution in [3.63, 3.8) is 0 Å². The largest absolute Gasteiger partial charge is 0.438 e. The highest BCUT2D eigenvalue weighted by molar-refractivity contribution is 5.97. The first kappa shape index (κ1) is 18.7. The van der Waals surface area contributed by atoms with Crippen LogP contribution in [0, 0.1) is 0 Å². The maximum Gasteiger partial charge on any atom is 0.319 e. The lowest BCUT2D eigenvalue weighted by molar-refractivity contribution is 0.0574. The molecule has 154 valence electrons. The number of oxazole rings is 1. The molecule has 0 radical (unpaired) electrons. The van der Waals surface area contributed by atoms with Crippen LogP contribution in [0.4, 0.5) is 10.5 Å². The van der Waals surface area contributed by atoms with Crippen LogP contribution < -0.4 is 10.6 Å². The Morgan fingerprint density at radius 1 is 1.03 bits per heavy atom. The second kappa shape index (κ2) is 7.82. The number of aromatic nitrogens is 1. The molecule has 5 rings (SSSR count). The maximum absolute atomic E-state index is 13.4. The number of nitrogens with zero attached hydrogens (tertiary/aromatic N) is 2. The third kappa shape index (κ3) is 3.87.